The Morgan fingerprint density at radius 1 is 1.08 bits per heavy atom. The van der Waals surface area contributed by atoms with Crippen molar-refractivity contribution in [1.82, 2.24) is 4.98 Å². The number of aromatic amines is 1. The van der Waals surface area contributed by atoms with Crippen molar-refractivity contribution in [3.8, 4) is 0 Å². The minimum atomic E-state index is 0.00474. The molecule has 3 aromatic rings. The topological polar surface area (TPSA) is 36.1 Å². The summed E-state index contributed by atoms with van der Waals surface area (Å²) in [5.74, 6) is 0.00474. The van der Waals surface area contributed by atoms with Crippen LogP contribution in [0.1, 0.15) is 37.0 Å². The number of para-hydroxylation sites is 1. The van der Waals surface area contributed by atoms with Gasteiger partial charge in [0.1, 0.15) is 0 Å². The first kappa shape index (κ1) is 16.6. The Balaban J connectivity index is 2.09. The maximum absolute atomic E-state index is 13.2. The number of anilines is 1. The van der Waals surface area contributed by atoms with Gasteiger partial charge in [0.25, 0.3) is 5.91 Å². The Hall–Kier alpha value is -2.26. The summed E-state index contributed by atoms with van der Waals surface area (Å²) < 4.78 is 0. The molecule has 0 atom stereocenters. The third-order valence-electron chi connectivity index (χ3n) is 4.44. The molecule has 1 aromatic heterocycles. The van der Waals surface area contributed by atoms with E-state index in [2.05, 4.69) is 18.8 Å². The SMILES string of the molecule is CCC(CC)N(C(=O)c1ccc(Cl)cc1)c1c[nH]c2ccccc12. The summed E-state index contributed by atoms with van der Waals surface area (Å²) in [5, 5.41) is 1.69. The van der Waals surface area contributed by atoms with Gasteiger partial charge >= 0.3 is 0 Å². The molecule has 4 heteroatoms. The Morgan fingerprint density at radius 3 is 2.42 bits per heavy atom. The summed E-state index contributed by atoms with van der Waals surface area (Å²) in [6, 6.07) is 15.3. The number of benzene rings is 2. The van der Waals surface area contributed by atoms with Crippen LogP contribution < -0.4 is 4.90 Å². The van der Waals surface area contributed by atoms with Crippen LogP contribution in [0.2, 0.25) is 5.02 Å². The number of nitrogens with one attached hydrogen (secondary N) is 1. The number of carbonyl (C=O) groups excluding carboxylic acids is 1. The lowest BCUT2D eigenvalue weighted by atomic mass is 10.1. The lowest BCUT2D eigenvalue weighted by Crippen LogP contribution is -2.39. The van der Waals surface area contributed by atoms with Gasteiger partial charge in [-0.2, -0.15) is 0 Å². The van der Waals surface area contributed by atoms with Crippen molar-refractivity contribution in [2.75, 3.05) is 4.90 Å². The zero-order chi connectivity index (χ0) is 17.1. The molecule has 1 heterocycles. The minimum Gasteiger partial charge on any atom is -0.359 e. The summed E-state index contributed by atoms with van der Waals surface area (Å²) in [4.78, 5) is 18.4. The van der Waals surface area contributed by atoms with Gasteiger partial charge in [0.2, 0.25) is 0 Å². The van der Waals surface area contributed by atoms with Gasteiger partial charge in [0.15, 0.2) is 0 Å². The van der Waals surface area contributed by atoms with E-state index in [1.807, 2.05) is 35.4 Å². The first-order valence-electron chi connectivity index (χ1n) is 8.31. The third kappa shape index (κ3) is 3.04. The van der Waals surface area contributed by atoms with Crippen molar-refractivity contribution in [1.29, 1.82) is 0 Å². The standard InChI is InChI=1S/C20H21ClN2O/c1-3-16(4-2)23(20(24)14-9-11-15(21)12-10-14)19-13-22-18-8-6-5-7-17(18)19/h5-13,16,22H,3-4H2,1-2H3. The van der Waals surface area contributed by atoms with Crippen molar-refractivity contribution in [2.45, 2.75) is 32.7 Å². The van der Waals surface area contributed by atoms with Crippen LogP contribution in [0.3, 0.4) is 0 Å². The monoisotopic (exact) mass is 340 g/mol. The van der Waals surface area contributed by atoms with E-state index in [1.54, 1.807) is 24.3 Å². The highest BCUT2D eigenvalue weighted by Gasteiger charge is 2.26. The third-order valence-corrected chi connectivity index (χ3v) is 4.70. The van der Waals surface area contributed by atoms with E-state index in [0.717, 1.165) is 29.4 Å². The van der Waals surface area contributed by atoms with Crippen LogP contribution in [0.25, 0.3) is 10.9 Å². The van der Waals surface area contributed by atoms with Gasteiger partial charge < -0.3 is 9.88 Å². The fourth-order valence-corrected chi connectivity index (χ4v) is 3.24. The van der Waals surface area contributed by atoms with Gasteiger partial charge in [-0.15, -0.1) is 0 Å². The summed E-state index contributed by atoms with van der Waals surface area (Å²) in [7, 11) is 0. The zero-order valence-corrected chi connectivity index (χ0v) is 14.7. The van der Waals surface area contributed by atoms with Crippen LogP contribution in [0, 0.1) is 0 Å². The van der Waals surface area contributed by atoms with Crippen LogP contribution in [0.4, 0.5) is 5.69 Å². The fourth-order valence-electron chi connectivity index (χ4n) is 3.11. The maximum Gasteiger partial charge on any atom is 0.258 e. The van der Waals surface area contributed by atoms with Crippen LogP contribution in [-0.2, 0) is 0 Å². The van der Waals surface area contributed by atoms with Crippen molar-refractivity contribution in [2.24, 2.45) is 0 Å². The number of fused-ring (bicyclic) bond motifs is 1. The molecule has 0 fully saturated rings. The smallest absolute Gasteiger partial charge is 0.258 e. The summed E-state index contributed by atoms with van der Waals surface area (Å²) in [6.45, 7) is 4.23. The maximum atomic E-state index is 13.2. The highest BCUT2D eigenvalue weighted by molar-refractivity contribution is 6.30. The second-order valence-corrected chi connectivity index (χ2v) is 6.31. The molecule has 0 aliphatic carbocycles. The molecule has 24 heavy (non-hydrogen) atoms. The Kier molecular flexibility index (Phi) is 4.91. The van der Waals surface area contributed by atoms with Gasteiger partial charge in [-0.25, -0.2) is 0 Å². The van der Waals surface area contributed by atoms with Gasteiger partial charge in [-0.05, 0) is 43.2 Å². The Labute approximate surface area is 147 Å². The number of H-pyrrole nitrogens is 1. The molecule has 3 nitrogen and oxygen atoms in total. The van der Waals surface area contributed by atoms with Gasteiger partial charge in [0, 0.05) is 33.7 Å². The van der Waals surface area contributed by atoms with Crippen LogP contribution in [-0.4, -0.2) is 16.9 Å². The average Bonchev–Trinajstić information content (AvgIpc) is 3.03. The minimum absolute atomic E-state index is 0.00474. The lowest BCUT2D eigenvalue weighted by Gasteiger charge is -2.30. The van der Waals surface area contributed by atoms with Crippen molar-refractivity contribution in [3.63, 3.8) is 0 Å². The fraction of sp³-hybridized carbons (Fsp3) is 0.250. The number of rotatable bonds is 5. The predicted molar refractivity (Wildman–Crippen MR) is 101 cm³/mol. The van der Waals surface area contributed by atoms with E-state index in [0.29, 0.717) is 10.6 Å². The van der Waals surface area contributed by atoms with Crippen molar-refractivity contribution < 1.29 is 4.79 Å². The van der Waals surface area contributed by atoms with Crippen LogP contribution >= 0.6 is 11.6 Å². The van der Waals surface area contributed by atoms with Crippen molar-refractivity contribution in [3.05, 3.63) is 65.3 Å². The molecule has 0 aliphatic heterocycles. The average molecular weight is 341 g/mol. The van der Waals surface area contributed by atoms with Crippen LogP contribution in [0.5, 0.6) is 0 Å². The van der Waals surface area contributed by atoms with Gasteiger partial charge in [-0.1, -0.05) is 43.6 Å². The van der Waals surface area contributed by atoms with Crippen LogP contribution in [0.15, 0.2) is 54.7 Å². The van der Waals surface area contributed by atoms with E-state index in [9.17, 15) is 4.79 Å². The number of aromatic nitrogens is 1. The molecule has 3 rings (SSSR count). The second kappa shape index (κ2) is 7.10. The normalized spacial score (nSPS) is 11.2. The first-order chi connectivity index (χ1) is 11.7. The number of hydrogen-bond donors (Lipinski definition) is 1. The van der Waals surface area contributed by atoms with E-state index in [4.69, 9.17) is 11.6 Å². The summed E-state index contributed by atoms with van der Waals surface area (Å²) in [6.07, 6.45) is 3.72. The molecular weight excluding hydrogens is 320 g/mol. The Bertz CT molecular complexity index is 834. The Morgan fingerprint density at radius 2 is 1.75 bits per heavy atom. The lowest BCUT2D eigenvalue weighted by molar-refractivity contribution is 0.0975. The largest absolute Gasteiger partial charge is 0.359 e. The van der Waals surface area contributed by atoms with Gasteiger partial charge in [0.05, 0.1) is 5.69 Å². The van der Waals surface area contributed by atoms with E-state index < -0.39 is 0 Å². The molecule has 0 saturated carbocycles. The summed E-state index contributed by atoms with van der Waals surface area (Å²) in [5.41, 5.74) is 2.61. The number of amides is 1. The number of halogens is 1. The highest BCUT2D eigenvalue weighted by atomic mass is 35.5. The molecule has 0 saturated heterocycles. The van der Waals surface area contributed by atoms with E-state index in [1.165, 1.54) is 0 Å². The second-order valence-electron chi connectivity index (χ2n) is 5.87. The van der Waals surface area contributed by atoms with E-state index in [-0.39, 0.29) is 11.9 Å². The number of carbonyl (C=O) groups is 1. The highest BCUT2D eigenvalue weighted by Crippen LogP contribution is 2.31. The zero-order valence-electron chi connectivity index (χ0n) is 13.9. The molecule has 1 amide bonds. The molecule has 0 spiro atoms. The predicted octanol–water partition coefficient (Wildman–Crippen LogP) is 5.66. The first-order valence-corrected chi connectivity index (χ1v) is 8.68. The summed E-state index contributed by atoms with van der Waals surface area (Å²) >= 11 is 5.96. The van der Waals surface area contributed by atoms with Gasteiger partial charge in [-0.3, -0.25) is 4.79 Å². The number of hydrogen-bond acceptors (Lipinski definition) is 1. The van der Waals surface area contributed by atoms with E-state index >= 15 is 0 Å². The molecule has 0 aliphatic rings. The molecule has 0 radical (unpaired) electrons. The quantitative estimate of drug-likeness (QED) is 0.639. The molecule has 0 bridgehead atoms. The molecular formula is C20H21ClN2O. The molecule has 2 aromatic carbocycles. The molecule has 0 unspecified atom stereocenters. The molecule has 1 N–H and O–H groups in total. The molecule has 124 valence electrons. The van der Waals surface area contributed by atoms with Crippen molar-refractivity contribution >= 4 is 34.1 Å². The number of nitrogens with zero attached hydrogens (tertiary/aromatic N) is 1.